The highest BCUT2D eigenvalue weighted by Crippen LogP contribution is 2.24. The van der Waals surface area contributed by atoms with Gasteiger partial charge >= 0.3 is 0 Å². The van der Waals surface area contributed by atoms with E-state index in [1.54, 1.807) is 30.3 Å². The molecule has 5 nitrogen and oxygen atoms in total. The van der Waals surface area contributed by atoms with E-state index < -0.39 is 0 Å². The first-order valence-corrected chi connectivity index (χ1v) is 7.74. The van der Waals surface area contributed by atoms with Gasteiger partial charge in [0.1, 0.15) is 5.82 Å². The maximum absolute atomic E-state index is 12.1. The molecular formula is C16H25N3O2. The van der Waals surface area contributed by atoms with Crippen LogP contribution < -0.4 is 0 Å². The quantitative estimate of drug-likeness (QED) is 0.843. The summed E-state index contributed by atoms with van der Waals surface area (Å²) in [5.74, 6) is 0.953. The Kier molecular flexibility index (Phi) is 5.56. The zero-order chi connectivity index (χ0) is 15.2. The summed E-state index contributed by atoms with van der Waals surface area (Å²) in [7, 11) is 1.79. The van der Waals surface area contributed by atoms with E-state index in [1.807, 2.05) is 17.7 Å². The van der Waals surface area contributed by atoms with E-state index >= 15 is 0 Å². The van der Waals surface area contributed by atoms with Crippen LogP contribution in [0.1, 0.15) is 38.4 Å². The van der Waals surface area contributed by atoms with E-state index in [-0.39, 0.29) is 17.9 Å². The summed E-state index contributed by atoms with van der Waals surface area (Å²) in [4.78, 5) is 18.0. The lowest BCUT2D eigenvalue weighted by molar-refractivity contribution is -0.126. The zero-order valence-electron chi connectivity index (χ0n) is 12.9. The molecule has 2 unspecified atom stereocenters. The Bertz CT molecular complexity index is 495. The molecule has 0 aliphatic heterocycles. The largest absolute Gasteiger partial charge is 0.393 e. The number of amides is 1. The second-order valence-electron chi connectivity index (χ2n) is 5.74. The molecule has 1 aromatic rings. The van der Waals surface area contributed by atoms with Crippen LogP contribution in [0.5, 0.6) is 0 Å². The van der Waals surface area contributed by atoms with Gasteiger partial charge in [-0.15, -0.1) is 0 Å². The fourth-order valence-corrected chi connectivity index (χ4v) is 2.86. The number of rotatable bonds is 5. The predicted octanol–water partition coefficient (Wildman–Crippen LogP) is 1.93. The third kappa shape index (κ3) is 4.17. The highest BCUT2D eigenvalue weighted by molar-refractivity contribution is 5.91. The molecule has 21 heavy (non-hydrogen) atoms. The van der Waals surface area contributed by atoms with Crippen LogP contribution in [0, 0.1) is 5.92 Å². The van der Waals surface area contributed by atoms with Crippen LogP contribution >= 0.6 is 0 Å². The van der Waals surface area contributed by atoms with Crippen molar-refractivity contribution in [2.45, 2.75) is 45.3 Å². The Morgan fingerprint density at radius 2 is 2.29 bits per heavy atom. The Balaban J connectivity index is 1.90. The van der Waals surface area contributed by atoms with Gasteiger partial charge in [0, 0.05) is 44.5 Å². The molecule has 1 saturated carbocycles. The van der Waals surface area contributed by atoms with Crippen molar-refractivity contribution < 1.29 is 9.90 Å². The number of aliphatic hydroxyl groups excluding tert-OH is 1. The SMILES string of the molecule is CCn1ccnc1/C=C/C(=O)N(C)CC1CCCCC1O. The summed E-state index contributed by atoms with van der Waals surface area (Å²) in [6.07, 6.45) is 10.8. The summed E-state index contributed by atoms with van der Waals surface area (Å²) in [6, 6.07) is 0. The van der Waals surface area contributed by atoms with E-state index in [0.717, 1.165) is 38.1 Å². The number of carbonyl (C=O) groups excluding carboxylic acids is 1. The highest BCUT2D eigenvalue weighted by Gasteiger charge is 2.25. The molecule has 0 saturated heterocycles. The smallest absolute Gasteiger partial charge is 0.246 e. The van der Waals surface area contributed by atoms with Crippen molar-refractivity contribution in [2.24, 2.45) is 5.92 Å². The van der Waals surface area contributed by atoms with Crippen molar-refractivity contribution in [3.05, 3.63) is 24.3 Å². The van der Waals surface area contributed by atoms with Crippen molar-refractivity contribution >= 4 is 12.0 Å². The van der Waals surface area contributed by atoms with Gasteiger partial charge in [-0.3, -0.25) is 4.79 Å². The molecule has 1 aliphatic carbocycles. The lowest BCUT2D eigenvalue weighted by Gasteiger charge is -2.30. The number of nitrogens with zero attached hydrogens (tertiary/aromatic N) is 3. The average molecular weight is 291 g/mol. The summed E-state index contributed by atoms with van der Waals surface area (Å²) < 4.78 is 1.98. The third-order valence-corrected chi connectivity index (χ3v) is 4.22. The second-order valence-corrected chi connectivity index (χ2v) is 5.74. The number of hydrogen-bond acceptors (Lipinski definition) is 3. The van der Waals surface area contributed by atoms with Gasteiger partial charge in [0.2, 0.25) is 5.91 Å². The van der Waals surface area contributed by atoms with E-state index in [9.17, 15) is 9.90 Å². The van der Waals surface area contributed by atoms with Crippen molar-refractivity contribution in [1.82, 2.24) is 14.5 Å². The Hall–Kier alpha value is -1.62. The van der Waals surface area contributed by atoms with Gasteiger partial charge in [0.25, 0.3) is 0 Å². The summed E-state index contributed by atoms with van der Waals surface area (Å²) in [6.45, 7) is 3.49. The minimum Gasteiger partial charge on any atom is -0.393 e. The Labute approximate surface area is 126 Å². The zero-order valence-corrected chi connectivity index (χ0v) is 12.9. The number of likely N-dealkylation sites (N-methyl/N-ethyl adjacent to an activating group) is 1. The van der Waals surface area contributed by atoms with Crippen LogP contribution in [0.25, 0.3) is 6.08 Å². The number of aromatic nitrogens is 2. The fourth-order valence-electron chi connectivity index (χ4n) is 2.86. The van der Waals surface area contributed by atoms with E-state index in [2.05, 4.69) is 4.98 Å². The Morgan fingerprint density at radius 3 is 3.00 bits per heavy atom. The third-order valence-electron chi connectivity index (χ3n) is 4.22. The lowest BCUT2D eigenvalue weighted by Crippen LogP contribution is -2.37. The molecule has 116 valence electrons. The molecule has 1 aliphatic rings. The van der Waals surface area contributed by atoms with Crippen LogP contribution in [0.4, 0.5) is 0 Å². The molecule has 1 heterocycles. The van der Waals surface area contributed by atoms with E-state index in [0.29, 0.717) is 6.54 Å². The van der Waals surface area contributed by atoms with Crippen LogP contribution in [0.15, 0.2) is 18.5 Å². The van der Waals surface area contributed by atoms with Crippen molar-refractivity contribution in [2.75, 3.05) is 13.6 Å². The molecule has 1 aromatic heterocycles. The van der Waals surface area contributed by atoms with Crippen molar-refractivity contribution in [3.63, 3.8) is 0 Å². The highest BCUT2D eigenvalue weighted by atomic mass is 16.3. The first kappa shape index (κ1) is 15.8. The molecular weight excluding hydrogens is 266 g/mol. The minimum atomic E-state index is -0.267. The number of imidazole rings is 1. The van der Waals surface area contributed by atoms with Gasteiger partial charge < -0.3 is 14.6 Å². The van der Waals surface area contributed by atoms with Gasteiger partial charge in [-0.05, 0) is 25.8 Å². The van der Waals surface area contributed by atoms with Gasteiger partial charge in [-0.2, -0.15) is 0 Å². The topological polar surface area (TPSA) is 58.4 Å². The standard InChI is InChI=1S/C16H25N3O2/c1-3-19-11-10-17-15(19)8-9-16(21)18(2)12-13-6-4-5-7-14(13)20/h8-11,13-14,20H,3-7,12H2,1-2H3/b9-8+. The molecule has 1 amide bonds. The van der Waals surface area contributed by atoms with Gasteiger partial charge in [0.05, 0.1) is 6.10 Å². The minimum absolute atomic E-state index is 0.0431. The van der Waals surface area contributed by atoms with Crippen LogP contribution in [-0.2, 0) is 11.3 Å². The molecule has 0 bridgehead atoms. The Morgan fingerprint density at radius 1 is 1.52 bits per heavy atom. The van der Waals surface area contributed by atoms with Gasteiger partial charge in [-0.1, -0.05) is 12.8 Å². The number of aryl methyl sites for hydroxylation is 1. The molecule has 2 atom stereocenters. The maximum Gasteiger partial charge on any atom is 0.246 e. The van der Waals surface area contributed by atoms with E-state index in [4.69, 9.17) is 0 Å². The van der Waals surface area contributed by atoms with Gasteiger partial charge in [0.15, 0.2) is 0 Å². The molecule has 0 aromatic carbocycles. The molecule has 0 radical (unpaired) electrons. The molecule has 1 N–H and O–H groups in total. The summed E-state index contributed by atoms with van der Waals surface area (Å²) in [5.41, 5.74) is 0. The summed E-state index contributed by atoms with van der Waals surface area (Å²) in [5, 5.41) is 9.98. The maximum atomic E-state index is 12.1. The van der Waals surface area contributed by atoms with Crippen molar-refractivity contribution in [3.8, 4) is 0 Å². The first-order chi connectivity index (χ1) is 10.1. The van der Waals surface area contributed by atoms with Crippen LogP contribution in [0.2, 0.25) is 0 Å². The fraction of sp³-hybridized carbons (Fsp3) is 0.625. The average Bonchev–Trinajstić information content (AvgIpc) is 2.94. The number of carbonyl (C=O) groups is 1. The predicted molar refractivity (Wildman–Crippen MR) is 82.5 cm³/mol. The molecule has 0 spiro atoms. The normalized spacial score (nSPS) is 22.6. The summed E-state index contributed by atoms with van der Waals surface area (Å²) >= 11 is 0. The number of aliphatic hydroxyl groups is 1. The van der Waals surface area contributed by atoms with Crippen LogP contribution in [-0.4, -0.2) is 45.2 Å². The molecule has 5 heteroatoms. The van der Waals surface area contributed by atoms with E-state index in [1.165, 1.54) is 0 Å². The number of hydrogen-bond donors (Lipinski definition) is 1. The monoisotopic (exact) mass is 291 g/mol. The second kappa shape index (κ2) is 7.41. The molecule has 1 fully saturated rings. The first-order valence-electron chi connectivity index (χ1n) is 7.74. The molecule has 2 rings (SSSR count). The van der Waals surface area contributed by atoms with Crippen LogP contribution in [0.3, 0.4) is 0 Å². The van der Waals surface area contributed by atoms with Gasteiger partial charge in [-0.25, -0.2) is 4.98 Å². The lowest BCUT2D eigenvalue weighted by atomic mass is 9.86. The van der Waals surface area contributed by atoms with Crippen molar-refractivity contribution in [1.29, 1.82) is 0 Å².